The maximum atomic E-state index is 10.6. The minimum Gasteiger partial charge on any atom is -0.481 e. The van der Waals surface area contributed by atoms with Crippen molar-refractivity contribution in [3.63, 3.8) is 0 Å². The number of benzene rings is 1. The number of nitrogens with zero attached hydrogens (tertiary/aromatic N) is 2. The standard InChI is InChI=1S/C11H11ClN2O2/c1-6-8-3-7(5-10(15)16)4-9(12)11(8)14(2)13-6/h3-4H,5H2,1-2H3,(H,15,16). The summed E-state index contributed by atoms with van der Waals surface area (Å²) >= 11 is 6.11. The van der Waals surface area contributed by atoms with E-state index in [-0.39, 0.29) is 6.42 Å². The number of carbonyl (C=O) groups is 1. The summed E-state index contributed by atoms with van der Waals surface area (Å²) in [4.78, 5) is 10.6. The molecule has 2 rings (SSSR count). The first kappa shape index (κ1) is 11.0. The fourth-order valence-corrected chi connectivity index (χ4v) is 2.23. The van der Waals surface area contributed by atoms with Gasteiger partial charge in [0.2, 0.25) is 0 Å². The van der Waals surface area contributed by atoms with Gasteiger partial charge in [-0.2, -0.15) is 5.10 Å². The smallest absolute Gasteiger partial charge is 0.307 e. The van der Waals surface area contributed by atoms with Gasteiger partial charge in [-0.1, -0.05) is 11.6 Å². The maximum Gasteiger partial charge on any atom is 0.307 e. The van der Waals surface area contributed by atoms with Gasteiger partial charge in [0.25, 0.3) is 0 Å². The van der Waals surface area contributed by atoms with Gasteiger partial charge in [-0.15, -0.1) is 0 Å². The molecule has 4 nitrogen and oxygen atoms in total. The van der Waals surface area contributed by atoms with Crippen LogP contribution in [-0.4, -0.2) is 20.9 Å². The number of halogens is 1. The Bertz CT molecular complexity index is 575. The molecule has 0 spiro atoms. The number of fused-ring (bicyclic) bond motifs is 1. The van der Waals surface area contributed by atoms with Gasteiger partial charge in [0.1, 0.15) is 0 Å². The van der Waals surface area contributed by atoms with Crippen molar-refractivity contribution in [1.29, 1.82) is 0 Å². The lowest BCUT2D eigenvalue weighted by atomic mass is 10.1. The average molecular weight is 239 g/mol. The molecule has 0 atom stereocenters. The minimum absolute atomic E-state index is 0.0238. The molecule has 0 amide bonds. The second-order valence-corrected chi connectivity index (χ2v) is 4.16. The number of hydrogen-bond acceptors (Lipinski definition) is 2. The van der Waals surface area contributed by atoms with E-state index in [1.807, 2.05) is 20.0 Å². The number of rotatable bonds is 2. The summed E-state index contributed by atoms with van der Waals surface area (Å²) in [6, 6.07) is 3.51. The number of hydrogen-bond donors (Lipinski definition) is 1. The van der Waals surface area contributed by atoms with E-state index in [0.29, 0.717) is 10.6 Å². The molecule has 5 heteroatoms. The third-order valence-corrected chi connectivity index (χ3v) is 2.78. The van der Waals surface area contributed by atoms with Crippen molar-refractivity contribution in [3.8, 4) is 0 Å². The van der Waals surface area contributed by atoms with Crippen molar-refractivity contribution >= 4 is 28.5 Å². The van der Waals surface area contributed by atoms with E-state index < -0.39 is 5.97 Å². The predicted octanol–water partition coefficient (Wildman–Crippen LogP) is 2.16. The summed E-state index contributed by atoms with van der Waals surface area (Å²) in [7, 11) is 1.82. The summed E-state index contributed by atoms with van der Waals surface area (Å²) in [6.45, 7) is 1.88. The highest BCUT2D eigenvalue weighted by Gasteiger charge is 2.11. The van der Waals surface area contributed by atoms with Gasteiger partial charge in [0, 0.05) is 12.4 Å². The zero-order valence-electron chi connectivity index (χ0n) is 8.99. The van der Waals surface area contributed by atoms with Crippen LogP contribution in [0.25, 0.3) is 10.9 Å². The monoisotopic (exact) mass is 238 g/mol. The van der Waals surface area contributed by atoms with E-state index in [4.69, 9.17) is 16.7 Å². The Morgan fingerprint density at radius 1 is 1.56 bits per heavy atom. The zero-order valence-corrected chi connectivity index (χ0v) is 9.75. The molecular weight excluding hydrogens is 228 g/mol. The van der Waals surface area contributed by atoms with E-state index in [9.17, 15) is 4.79 Å². The van der Waals surface area contributed by atoms with Crippen molar-refractivity contribution in [2.75, 3.05) is 0 Å². The molecule has 2 aromatic rings. The van der Waals surface area contributed by atoms with Gasteiger partial charge in [-0.25, -0.2) is 0 Å². The Kier molecular flexibility index (Phi) is 2.59. The first-order valence-electron chi connectivity index (χ1n) is 4.82. The summed E-state index contributed by atoms with van der Waals surface area (Å²) in [5, 5.41) is 14.4. The molecule has 0 saturated heterocycles. The molecule has 1 heterocycles. The lowest BCUT2D eigenvalue weighted by molar-refractivity contribution is -0.136. The van der Waals surface area contributed by atoms with Crippen LogP contribution in [0.2, 0.25) is 5.02 Å². The number of aromatic nitrogens is 2. The van der Waals surface area contributed by atoms with Crippen molar-refractivity contribution in [3.05, 3.63) is 28.4 Å². The number of aliphatic carboxylic acids is 1. The van der Waals surface area contributed by atoms with Crippen molar-refractivity contribution in [1.82, 2.24) is 9.78 Å². The van der Waals surface area contributed by atoms with Crippen LogP contribution in [0.4, 0.5) is 0 Å². The van der Waals surface area contributed by atoms with Gasteiger partial charge in [-0.05, 0) is 24.6 Å². The van der Waals surface area contributed by atoms with E-state index in [2.05, 4.69) is 5.10 Å². The van der Waals surface area contributed by atoms with Crippen molar-refractivity contribution < 1.29 is 9.90 Å². The largest absolute Gasteiger partial charge is 0.481 e. The van der Waals surface area contributed by atoms with Gasteiger partial charge < -0.3 is 5.11 Å². The van der Waals surface area contributed by atoms with Crippen LogP contribution in [0, 0.1) is 6.92 Å². The molecule has 0 radical (unpaired) electrons. The summed E-state index contributed by atoms with van der Waals surface area (Å²) < 4.78 is 1.71. The first-order valence-corrected chi connectivity index (χ1v) is 5.20. The molecule has 84 valence electrons. The topological polar surface area (TPSA) is 55.1 Å². The lowest BCUT2D eigenvalue weighted by Gasteiger charge is -2.02. The zero-order chi connectivity index (χ0) is 11.9. The average Bonchev–Trinajstić information content (AvgIpc) is 2.41. The SMILES string of the molecule is Cc1nn(C)c2c(Cl)cc(CC(=O)O)cc12. The Morgan fingerprint density at radius 2 is 2.25 bits per heavy atom. The molecule has 1 aromatic heterocycles. The maximum absolute atomic E-state index is 10.6. The second kappa shape index (κ2) is 3.79. The van der Waals surface area contributed by atoms with E-state index in [1.54, 1.807) is 10.7 Å². The van der Waals surface area contributed by atoms with Crippen molar-refractivity contribution in [2.45, 2.75) is 13.3 Å². The van der Waals surface area contributed by atoms with Gasteiger partial charge >= 0.3 is 5.97 Å². The molecule has 16 heavy (non-hydrogen) atoms. The molecule has 0 fully saturated rings. The van der Waals surface area contributed by atoms with E-state index in [1.165, 1.54) is 0 Å². The fourth-order valence-electron chi connectivity index (χ4n) is 1.87. The Balaban J connectivity index is 2.66. The molecular formula is C11H11ClN2O2. The molecule has 0 unspecified atom stereocenters. The molecule has 1 aromatic carbocycles. The third kappa shape index (κ3) is 1.76. The number of carboxylic acids is 1. The summed E-state index contributed by atoms with van der Waals surface area (Å²) in [5.74, 6) is -0.864. The van der Waals surface area contributed by atoms with Crippen LogP contribution in [0.5, 0.6) is 0 Å². The Labute approximate surface area is 97.4 Å². The lowest BCUT2D eigenvalue weighted by Crippen LogP contribution is -2.00. The van der Waals surface area contributed by atoms with Crippen LogP contribution in [0.3, 0.4) is 0 Å². The Morgan fingerprint density at radius 3 is 2.88 bits per heavy atom. The number of carboxylic acid groups (broad SMARTS) is 1. The summed E-state index contributed by atoms with van der Waals surface area (Å²) in [5.41, 5.74) is 2.39. The van der Waals surface area contributed by atoms with Crippen LogP contribution in [0.1, 0.15) is 11.3 Å². The fraction of sp³-hybridized carbons (Fsp3) is 0.273. The molecule has 0 aliphatic heterocycles. The van der Waals surface area contributed by atoms with Crippen LogP contribution < -0.4 is 0 Å². The van der Waals surface area contributed by atoms with Crippen LogP contribution >= 0.6 is 11.6 Å². The summed E-state index contributed by atoms with van der Waals surface area (Å²) in [6.07, 6.45) is -0.0238. The molecule has 0 aliphatic carbocycles. The van der Waals surface area contributed by atoms with E-state index >= 15 is 0 Å². The van der Waals surface area contributed by atoms with E-state index in [0.717, 1.165) is 16.6 Å². The molecule has 0 bridgehead atoms. The van der Waals surface area contributed by atoms with Gasteiger partial charge in [0.05, 0.1) is 22.7 Å². The van der Waals surface area contributed by atoms with Crippen molar-refractivity contribution in [2.24, 2.45) is 7.05 Å². The minimum atomic E-state index is -0.864. The molecule has 0 saturated carbocycles. The molecule has 0 aliphatic rings. The highest BCUT2D eigenvalue weighted by Crippen LogP contribution is 2.27. The first-order chi connectivity index (χ1) is 7.49. The van der Waals surface area contributed by atoms with Gasteiger partial charge in [-0.3, -0.25) is 9.48 Å². The van der Waals surface area contributed by atoms with Crippen LogP contribution in [-0.2, 0) is 18.3 Å². The highest BCUT2D eigenvalue weighted by atomic mass is 35.5. The quantitative estimate of drug-likeness (QED) is 0.872. The highest BCUT2D eigenvalue weighted by molar-refractivity contribution is 6.35. The third-order valence-electron chi connectivity index (χ3n) is 2.49. The molecule has 1 N–H and O–H groups in total. The Hall–Kier alpha value is -1.55. The predicted molar refractivity (Wildman–Crippen MR) is 61.8 cm³/mol. The van der Waals surface area contributed by atoms with Crippen LogP contribution in [0.15, 0.2) is 12.1 Å². The normalized spacial score (nSPS) is 10.9. The second-order valence-electron chi connectivity index (χ2n) is 3.75. The van der Waals surface area contributed by atoms with Gasteiger partial charge in [0.15, 0.2) is 0 Å². The number of aryl methyl sites for hydroxylation is 2.